The highest BCUT2D eigenvalue weighted by Gasteiger charge is 2.17. The molecule has 90 valence electrons. The largest absolute Gasteiger partial charge is 0.395 e. The fourth-order valence-electron chi connectivity index (χ4n) is 1.45. The molecule has 1 rings (SSSR count). The van der Waals surface area contributed by atoms with E-state index < -0.39 is 6.10 Å². The standard InChI is InChI=1S/C10H14BrClN2O2/c1-6(16)10(13-2-3-15)7-4-8(11)14-9(12)5-7/h4-6,10,13,15-16H,2-3H2,1H3/t6-,10-/m0/s1. The zero-order valence-electron chi connectivity index (χ0n) is 8.82. The molecular weight excluding hydrogens is 295 g/mol. The van der Waals surface area contributed by atoms with Crippen molar-refractivity contribution in [2.45, 2.75) is 19.1 Å². The van der Waals surface area contributed by atoms with Crippen LogP contribution in [0.5, 0.6) is 0 Å². The van der Waals surface area contributed by atoms with Gasteiger partial charge in [-0.1, -0.05) is 11.6 Å². The van der Waals surface area contributed by atoms with Gasteiger partial charge in [0, 0.05) is 6.54 Å². The molecule has 0 saturated carbocycles. The molecule has 1 aromatic heterocycles. The van der Waals surface area contributed by atoms with E-state index in [1.54, 1.807) is 19.1 Å². The van der Waals surface area contributed by atoms with Gasteiger partial charge in [0.15, 0.2) is 0 Å². The molecule has 4 nitrogen and oxygen atoms in total. The number of aliphatic hydroxyl groups is 2. The van der Waals surface area contributed by atoms with Crippen LogP contribution in [0.3, 0.4) is 0 Å². The van der Waals surface area contributed by atoms with Crippen molar-refractivity contribution >= 4 is 27.5 Å². The summed E-state index contributed by atoms with van der Waals surface area (Å²) in [6.45, 7) is 2.10. The molecule has 0 spiro atoms. The molecule has 0 amide bonds. The molecule has 1 aromatic rings. The van der Waals surface area contributed by atoms with E-state index in [0.717, 1.165) is 5.56 Å². The minimum absolute atomic E-state index is 0.0171. The zero-order valence-corrected chi connectivity index (χ0v) is 11.2. The Kier molecular flexibility index (Phi) is 5.64. The number of pyridine rings is 1. The molecule has 0 fully saturated rings. The summed E-state index contributed by atoms with van der Waals surface area (Å²) in [4.78, 5) is 3.98. The summed E-state index contributed by atoms with van der Waals surface area (Å²) >= 11 is 9.08. The van der Waals surface area contributed by atoms with E-state index in [4.69, 9.17) is 16.7 Å². The van der Waals surface area contributed by atoms with Gasteiger partial charge in [0.1, 0.15) is 9.76 Å². The summed E-state index contributed by atoms with van der Waals surface area (Å²) in [6, 6.07) is 3.20. The smallest absolute Gasteiger partial charge is 0.130 e. The maximum atomic E-state index is 9.65. The second-order valence-corrected chi connectivity index (χ2v) is 4.64. The van der Waals surface area contributed by atoms with Gasteiger partial charge in [-0.2, -0.15) is 0 Å². The Morgan fingerprint density at radius 3 is 2.75 bits per heavy atom. The van der Waals surface area contributed by atoms with Gasteiger partial charge in [-0.05, 0) is 40.5 Å². The van der Waals surface area contributed by atoms with Crippen LogP contribution in [0.25, 0.3) is 0 Å². The SMILES string of the molecule is C[C@H](O)[C@H](NCCO)c1cc(Cl)nc(Br)c1. The summed E-state index contributed by atoms with van der Waals surface area (Å²) in [7, 11) is 0. The molecule has 0 aliphatic carbocycles. The Morgan fingerprint density at radius 1 is 1.56 bits per heavy atom. The van der Waals surface area contributed by atoms with E-state index in [1.807, 2.05) is 0 Å². The third kappa shape index (κ3) is 3.99. The van der Waals surface area contributed by atoms with Gasteiger partial charge >= 0.3 is 0 Å². The minimum atomic E-state index is -0.586. The Balaban J connectivity index is 2.91. The van der Waals surface area contributed by atoms with Crippen molar-refractivity contribution in [2.24, 2.45) is 0 Å². The van der Waals surface area contributed by atoms with Gasteiger partial charge in [-0.25, -0.2) is 4.98 Å². The Morgan fingerprint density at radius 2 is 2.25 bits per heavy atom. The lowest BCUT2D eigenvalue weighted by atomic mass is 10.0. The van der Waals surface area contributed by atoms with E-state index >= 15 is 0 Å². The summed E-state index contributed by atoms with van der Waals surface area (Å²) in [5.74, 6) is 0. The first-order valence-electron chi connectivity index (χ1n) is 4.90. The second-order valence-electron chi connectivity index (χ2n) is 3.44. The molecule has 6 heteroatoms. The highest BCUT2D eigenvalue weighted by Crippen LogP contribution is 2.23. The van der Waals surface area contributed by atoms with E-state index in [2.05, 4.69) is 26.2 Å². The fourth-order valence-corrected chi connectivity index (χ4v) is 2.22. The molecule has 0 bridgehead atoms. The van der Waals surface area contributed by atoms with Crippen molar-refractivity contribution in [1.29, 1.82) is 0 Å². The fraction of sp³-hybridized carbons (Fsp3) is 0.500. The Hall–Kier alpha value is -0.200. The Bertz CT molecular complexity index is 329. The number of aromatic nitrogens is 1. The highest BCUT2D eigenvalue weighted by atomic mass is 79.9. The molecular formula is C10H14BrClN2O2. The van der Waals surface area contributed by atoms with E-state index in [9.17, 15) is 5.11 Å². The number of hydrogen-bond acceptors (Lipinski definition) is 4. The van der Waals surface area contributed by atoms with E-state index in [1.165, 1.54) is 0 Å². The van der Waals surface area contributed by atoms with Crippen LogP contribution < -0.4 is 5.32 Å². The number of aliphatic hydroxyl groups excluding tert-OH is 2. The maximum Gasteiger partial charge on any atom is 0.130 e. The maximum absolute atomic E-state index is 9.65. The first-order chi connectivity index (χ1) is 7.54. The van der Waals surface area contributed by atoms with Crippen molar-refractivity contribution in [1.82, 2.24) is 10.3 Å². The van der Waals surface area contributed by atoms with Gasteiger partial charge in [0.25, 0.3) is 0 Å². The van der Waals surface area contributed by atoms with Crippen molar-refractivity contribution in [3.8, 4) is 0 Å². The second kappa shape index (κ2) is 6.51. The first-order valence-corrected chi connectivity index (χ1v) is 6.07. The van der Waals surface area contributed by atoms with Gasteiger partial charge in [0.2, 0.25) is 0 Å². The zero-order chi connectivity index (χ0) is 12.1. The molecule has 2 atom stereocenters. The van der Waals surface area contributed by atoms with Gasteiger partial charge in [0.05, 0.1) is 18.8 Å². The Labute approximate surface area is 108 Å². The molecule has 0 aromatic carbocycles. The molecule has 0 unspecified atom stereocenters. The van der Waals surface area contributed by atoms with Crippen LogP contribution in [0.4, 0.5) is 0 Å². The molecule has 3 N–H and O–H groups in total. The summed E-state index contributed by atoms with van der Waals surface area (Å²) < 4.78 is 0.617. The monoisotopic (exact) mass is 308 g/mol. The lowest BCUT2D eigenvalue weighted by Gasteiger charge is -2.21. The van der Waals surface area contributed by atoms with E-state index in [0.29, 0.717) is 16.3 Å². The van der Waals surface area contributed by atoms with Crippen LogP contribution >= 0.6 is 27.5 Å². The highest BCUT2D eigenvalue weighted by molar-refractivity contribution is 9.10. The average molecular weight is 310 g/mol. The van der Waals surface area contributed by atoms with Crippen LogP contribution in [0.2, 0.25) is 5.15 Å². The molecule has 0 aliphatic heterocycles. The summed E-state index contributed by atoms with van der Waals surface area (Å²) in [5.41, 5.74) is 0.829. The quantitative estimate of drug-likeness (QED) is 0.721. The van der Waals surface area contributed by atoms with Crippen molar-refractivity contribution in [2.75, 3.05) is 13.2 Å². The molecule has 0 aliphatic rings. The van der Waals surface area contributed by atoms with Gasteiger partial charge < -0.3 is 15.5 Å². The summed E-state index contributed by atoms with van der Waals surface area (Å²) in [6.07, 6.45) is -0.586. The number of hydrogen-bond donors (Lipinski definition) is 3. The van der Waals surface area contributed by atoms with Crippen LogP contribution in [0.1, 0.15) is 18.5 Å². The lowest BCUT2D eigenvalue weighted by molar-refractivity contribution is 0.141. The third-order valence-corrected chi connectivity index (χ3v) is 2.70. The molecule has 0 saturated heterocycles. The molecule has 16 heavy (non-hydrogen) atoms. The van der Waals surface area contributed by atoms with Crippen LogP contribution in [-0.2, 0) is 0 Å². The molecule has 0 radical (unpaired) electrons. The molecule has 1 heterocycles. The predicted octanol–water partition coefficient (Wildman–Crippen LogP) is 1.50. The van der Waals surface area contributed by atoms with Crippen LogP contribution in [-0.4, -0.2) is 34.5 Å². The third-order valence-electron chi connectivity index (χ3n) is 2.10. The van der Waals surface area contributed by atoms with Crippen molar-refractivity contribution in [3.05, 3.63) is 27.5 Å². The number of rotatable bonds is 5. The van der Waals surface area contributed by atoms with Gasteiger partial charge in [-0.15, -0.1) is 0 Å². The van der Waals surface area contributed by atoms with Crippen LogP contribution in [0, 0.1) is 0 Å². The lowest BCUT2D eigenvalue weighted by Crippen LogP contribution is -2.32. The minimum Gasteiger partial charge on any atom is -0.395 e. The van der Waals surface area contributed by atoms with Gasteiger partial charge in [-0.3, -0.25) is 0 Å². The number of halogens is 2. The number of nitrogens with zero attached hydrogens (tertiary/aromatic N) is 1. The summed E-state index contributed by atoms with van der Waals surface area (Å²) in [5, 5.41) is 21.8. The van der Waals surface area contributed by atoms with Crippen molar-refractivity contribution < 1.29 is 10.2 Å². The predicted molar refractivity (Wildman–Crippen MR) is 66.5 cm³/mol. The van der Waals surface area contributed by atoms with Crippen molar-refractivity contribution in [3.63, 3.8) is 0 Å². The first kappa shape index (κ1) is 13.9. The van der Waals surface area contributed by atoms with Crippen LogP contribution in [0.15, 0.2) is 16.7 Å². The topological polar surface area (TPSA) is 65.4 Å². The normalized spacial score (nSPS) is 14.8. The number of nitrogens with one attached hydrogen (secondary N) is 1. The van der Waals surface area contributed by atoms with E-state index in [-0.39, 0.29) is 12.6 Å². The average Bonchev–Trinajstić information content (AvgIpc) is 2.16.